The van der Waals surface area contributed by atoms with Crippen molar-refractivity contribution in [2.75, 3.05) is 13.2 Å². The van der Waals surface area contributed by atoms with Crippen LogP contribution in [0.4, 0.5) is 4.79 Å². The summed E-state index contributed by atoms with van der Waals surface area (Å²) in [6.07, 6.45) is -1.19. The second-order valence-electron chi connectivity index (χ2n) is 11.6. The van der Waals surface area contributed by atoms with E-state index in [4.69, 9.17) is 8.85 Å². The minimum absolute atomic E-state index is 0.0536. The Balaban J connectivity index is 5.61. The highest BCUT2D eigenvalue weighted by molar-refractivity contribution is 6.74. The first-order chi connectivity index (χ1) is 11.6. The van der Waals surface area contributed by atoms with E-state index in [9.17, 15) is 9.90 Å². The van der Waals surface area contributed by atoms with Crippen molar-refractivity contribution in [2.24, 2.45) is 0 Å². The first-order valence-electron chi connectivity index (χ1n) is 9.94. The highest BCUT2D eigenvalue weighted by Crippen LogP contribution is 2.39. The van der Waals surface area contributed by atoms with Gasteiger partial charge in [-0.3, -0.25) is 0 Å². The van der Waals surface area contributed by atoms with E-state index in [1.807, 2.05) is 20.8 Å². The summed E-state index contributed by atoms with van der Waals surface area (Å²) in [5.41, 5.74) is -0.488. The van der Waals surface area contributed by atoms with Gasteiger partial charge in [0, 0.05) is 5.54 Å². The van der Waals surface area contributed by atoms with E-state index in [2.05, 4.69) is 67.7 Å². The van der Waals surface area contributed by atoms with Crippen LogP contribution in [0.2, 0.25) is 36.3 Å². The van der Waals surface area contributed by atoms with Crippen molar-refractivity contribution in [1.29, 1.82) is 0 Å². The number of carbonyl (C=O) groups is 1. The molecule has 0 unspecified atom stereocenters. The van der Waals surface area contributed by atoms with Crippen LogP contribution in [0.25, 0.3) is 0 Å². The van der Waals surface area contributed by atoms with Gasteiger partial charge in [-0.15, -0.1) is 0 Å². The Morgan fingerprint density at radius 3 is 1.59 bits per heavy atom. The summed E-state index contributed by atoms with van der Waals surface area (Å²) >= 11 is 0. The molecule has 0 saturated heterocycles. The molecule has 1 atom stereocenters. The predicted molar refractivity (Wildman–Crippen MR) is 120 cm³/mol. The number of rotatable bonds is 7. The summed E-state index contributed by atoms with van der Waals surface area (Å²) in [6.45, 7) is 28.6. The molecular formula is C20H45NO4Si2. The van der Waals surface area contributed by atoms with Crippen LogP contribution in [0.1, 0.15) is 62.3 Å². The third kappa shape index (κ3) is 7.87. The Hall–Kier alpha value is -0.376. The Kier molecular flexibility index (Phi) is 8.43. The van der Waals surface area contributed by atoms with Gasteiger partial charge in [-0.2, -0.15) is 0 Å². The van der Waals surface area contributed by atoms with Crippen molar-refractivity contribution < 1.29 is 18.8 Å². The SMILES string of the molecule is CC(C)(C)N(C[C@H](CO[Si](C)(C)C(C)(C)C)O[Si](C)(C)C(C)(C)C)C(=O)O. The molecule has 0 rings (SSSR count). The molecule has 5 nitrogen and oxygen atoms in total. The third-order valence-corrected chi connectivity index (χ3v) is 15.2. The van der Waals surface area contributed by atoms with Crippen LogP contribution in [-0.2, 0) is 8.85 Å². The fraction of sp³-hybridized carbons (Fsp3) is 0.950. The summed E-state index contributed by atoms with van der Waals surface area (Å²) in [4.78, 5) is 13.3. The van der Waals surface area contributed by atoms with Crippen LogP contribution in [0.3, 0.4) is 0 Å². The monoisotopic (exact) mass is 419 g/mol. The van der Waals surface area contributed by atoms with E-state index >= 15 is 0 Å². The first-order valence-corrected chi connectivity index (χ1v) is 15.8. The van der Waals surface area contributed by atoms with Crippen LogP contribution in [0, 0.1) is 0 Å². The molecule has 0 bridgehead atoms. The zero-order chi connectivity index (χ0) is 22.1. The van der Waals surface area contributed by atoms with Gasteiger partial charge in [-0.05, 0) is 57.0 Å². The molecule has 0 spiro atoms. The number of hydrogen-bond acceptors (Lipinski definition) is 3. The van der Waals surface area contributed by atoms with E-state index in [1.54, 1.807) is 0 Å². The molecule has 0 aliphatic heterocycles. The lowest BCUT2D eigenvalue weighted by Gasteiger charge is -2.44. The lowest BCUT2D eigenvalue weighted by Crippen LogP contribution is -2.54. The van der Waals surface area contributed by atoms with Gasteiger partial charge in [0.05, 0.1) is 19.3 Å². The van der Waals surface area contributed by atoms with Gasteiger partial charge >= 0.3 is 6.09 Å². The molecular weight excluding hydrogens is 374 g/mol. The van der Waals surface area contributed by atoms with Crippen molar-refractivity contribution in [3.8, 4) is 0 Å². The molecule has 1 amide bonds. The minimum atomic E-state index is -2.06. The summed E-state index contributed by atoms with van der Waals surface area (Å²) in [5, 5.41) is 9.88. The number of amides is 1. The molecule has 0 aliphatic rings. The molecule has 0 aromatic carbocycles. The second-order valence-corrected chi connectivity index (χ2v) is 21.2. The van der Waals surface area contributed by atoms with E-state index in [0.29, 0.717) is 13.2 Å². The maximum Gasteiger partial charge on any atom is 0.407 e. The Morgan fingerprint density at radius 2 is 1.30 bits per heavy atom. The van der Waals surface area contributed by atoms with Crippen LogP contribution >= 0.6 is 0 Å². The quantitative estimate of drug-likeness (QED) is 0.501. The molecule has 7 heteroatoms. The molecule has 0 saturated carbocycles. The third-order valence-electron chi connectivity index (χ3n) is 6.13. The van der Waals surface area contributed by atoms with Gasteiger partial charge in [0.25, 0.3) is 0 Å². The predicted octanol–water partition coefficient (Wildman–Crippen LogP) is 6.18. The van der Waals surface area contributed by atoms with E-state index in [1.165, 1.54) is 4.90 Å². The molecule has 0 fully saturated rings. The lowest BCUT2D eigenvalue weighted by atomic mass is 10.1. The largest absolute Gasteiger partial charge is 0.465 e. The fourth-order valence-electron chi connectivity index (χ4n) is 2.08. The Bertz CT molecular complexity index is 500. The zero-order valence-corrected chi connectivity index (χ0v) is 22.1. The molecule has 0 aliphatic carbocycles. The summed E-state index contributed by atoms with van der Waals surface area (Å²) < 4.78 is 13.0. The highest BCUT2D eigenvalue weighted by Gasteiger charge is 2.42. The van der Waals surface area contributed by atoms with Crippen molar-refractivity contribution in [1.82, 2.24) is 4.90 Å². The zero-order valence-electron chi connectivity index (χ0n) is 20.1. The van der Waals surface area contributed by atoms with E-state index in [-0.39, 0.29) is 16.2 Å². The van der Waals surface area contributed by atoms with Gasteiger partial charge < -0.3 is 18.9 Å². The van der Waals surface area contributed by atoms with Gasteiger partial charge in [0.2, 0.25) is 0 Å². The van der Waals surface area contributed by atoms with E-state index in [0.717, 1.165) is 0 Å². The minimum Gasteiger partial charge on any atom is -0.465 e. The van der Waals surface area contributed by atoms with Crippen molar-refractivity contribution in [3.63, 3.8) is 0 Å². The normalized spacial score (nSPS) is 15.6. The topological polar surface area (TPSA) is 59.0 Å². The van der Waals surface area contributed by atoms with Gasteiger partial charge in [0.15, 0.2) is 16.6 Å². The Labute approximate surface area is 170 Å². The van der Waals surface area contributed by atoms with Crippen LogP contribution < -0.4 is 0 Å². The van der Waals surface area contributed by atoms with Gasteiger partial charge in [0.1, 0.15) is 0 Å². The summed E-state index contributed by atoms with van der Waals surface area (Å²) in [5.74, 6) is 0. The smallest absolute Gasteiger partial charge is 0.407 e. The van der Waals surface area contributed by atoms with Gasteiger partial charge in [-0.25, -0.2) is 4.79 Å². The first kappa shape index (κ1) is 26.6. The second kappa shape index (κ2) is 8.55. The van der Waals surface area contributed by atoms with Crippen LogP contribution in [0.15, 0.2) is 0 Å². The van der Waals surface area contributed by atoms with E-state index < -0.39 is 28.3 Å². The van der Waals surface area contributed by atoms with Crippen molar-refractivity contribution >= 4 is 22.7 Å². The number of hydrogen-bond donors (Lipinski definition) is 1. The van der Waals surface area contributed by atoms with Crippen molar-refractivity contribution in [2.45, 2.75) is 110 Å². The highest BCUT2D eigenvalue weighted by atomic mass is 28.4. The average molecular weight is 420 g/mol. The molecule has 0 heterocycles. The molecule has 0 aromatic rings. The summed E-state index contributed by atoms with van der Waals surface area (Å²) in [6, 6.07) is 0. The molecule has 0 radical (unpaired) electrons. The molecule has 1 N–H and O–H groups in total. The fourth-order valence-corrected chi connectivity index (χ4v) is 4.44. The molecule has 0 aromatic heterocycles. The number of carboxylic acid groups (broad SMARTS) is 1. The standard InChI is InChI=1S/C20H45NO4Si2/c1-18(2,3)21(17(22)23)14-16(25-27(12,13)20(7,8)9)15-24-26(10,11)19(4,5)6/h16H,14-15H2,1-13H3,(H,22,23)/t16-/m1/s1. The molecule has 162 valence electrons. The lowest BCUT2D eigenvalue weighted by molar-refractivity contribution is 0.0380. The number of nitrogens with zero attached hydrogens (tertiary/aromatic N) is 1. The maximum atomic E-state index is 11.9. The van der Waals surface area contributed by atoms with Crippen molar-refractivity contribution in [3.05, 3.63) is 0 Å². The van der Waals surface area contributed by atoms with Crippen LogP contribution in [0.5, 0.6) is 0 Å². The Morgan fingerprint density at radius 1 is 0.889 bits per heavy atom. The maximum absolute atomic E-state index is 11.9. The van der Waals surface area contributed by atoms with Crippen LogP contribution in [-0.4, -0.2) is 57.5 Å². The van der Waals surface area contributed by atoms with Gasteiger partial charge in [-0.1, -0.05) is 41.5 Å². The average Bonchev–Trinajstić information content (AvgIpc) is 2.37. The molecule has 27 heavy (non-hydrogen) atoms. The summed E-state index contributed by atoms with van der Waals surface area (Å²) in [7, 11) is -4.00.